The number of benzene rings is 2. The molecule has 128 valence electrons. The van der Waals surface area contributed by atoms with Crippen LogP contribution in [-0.2, 0) is 17.6 Å². The van der Waals surface area contributed by atoms with Crippen molar-refractivity contribution in [3.63, 3.8) is 0 Å². The molecular weight excluding hydrogens is 328 g/mol. The number of nitrogens with zero attached hydrogens (tertiary/aromatic N) is 1. The zero-order valence-corrected chi connectivity index (χ0v) is 15.6. The van der Waals surface area contributed by atoms with Gasteiger partial charge in [0.1, 0.15) is 0 Å². The van der Waals surface area contributed by atoms with Gasteiger partial charge in [0.2, 0.25) is 5.91 Å². The summed E-state index contributed by atoms with van der Waals surface area (Å²) in [4.78, 5) is 16.8. The number of nitrogens with one attached hydrogen (secondary N) is 1. The van der Waals surface area contributed by atoms with Crippen LogP contribution in [0.25, 0.3) is 11.3 Å². The molecule has 3 rings (SSSR count). The molecular formula is C21H22N2OS. The molecule has 0 bridgehead atoms. The van der Waals surface area contributed by atoms with E-state index in [1.54, 1.807) is 0 Å². The fourth-order valence-electron chi connectivity index (χ4n) is 2.61. The van der Waals surface area contributed by atoms with Gasteiger partial charge in [-0.2, -0.15) is 0 Å². The molecule has 3 nitrogen and oxygen atoms in total. The highest BCUT2D eigenvalue weighted by atomic mass is 32.1. The van der Waals surface area contributed by atoms with Crippen molar-refractivity contribution < 1.29 is 4.79 Å². The van der Waals surface area contributed by atoms with Gasteiger partial charge < -0.3 is 5.32 Å². The third kappa shape index (κ3) is 4.34. The van der Waals surface area contributed by atoms with Crippen LogP contribution in [0, 0.1) is 13.8 Å². The third-order valence-electron chi connectivity index (χ3n) is 4.35. The Kier molecular flexibility index (Phi) is 5.29. The van der Waals surface area contributed by atoms with Gasteiger partial charge in [0.25, 0.3) is 0 Å². The number of hydrogen-bond donors (Lipinski definition) is 1. The van der Waals surface area contributed by atoms with Gasteiger partial charge in [0, 0.05) is 10.9 Å². The summed E-state index contributed by atoms with van der Waals surface area (Å²) in [6.45, 7) is 6.31. The summed E-state index contributed by atoms with van der Waals surface area (Å²) in [6, 6.07) is 14.5. The molecule has 0 aliphatic rings. The van der Waals surface area contributed by atoms with E-state index in [9.17, 15) is 4.79 Å². The van der Waals surface area contributed by atoms with Crippen molar-refractivity contribution in [3.8, 4) is 11.3 Å². The maximum absolute atomic E-state index is 12.2. The first-order chi connectivity index (χ1) is 12.0. The monoisotopic (exact) mass is 350 g/mol. The molecule has 0 atom stereocenters. The van der Waals surface area contributed by atoms with Gasteiger partial charge in [0.05, 0.1) is 12.1 Å². The van der Waals surface area contributed by atoms with Gasteiger partial charge in [-0.3, -0.25) is 4.79 Å². The summed E-state index contributed by atoms with van der Waals surface area (Å²) in [6.07, 6.45) is 1.37. The lowest BCUT2D eigenvalue weighted by Gasteiger charge is -2.04. The molecule has 3 aromatic rings. The Morgan fingerprint density at radius 2 is 1.76 bits per heavy atom. The molecule has 0 unspecified atom stereocenters. The zero-order chi connectivity index (χ0) is 17.8. The predicted molar refractivity (Wildman–Crippen MR) is 105 cm³/mol. The number of carbonyl (C=O) groups excluding carboxylic acids is 1. The number of rotatable bonds is 5. The van der Waals surface area contributed by atoms with E-state index < -0.39 is 0 Å². The number of amides is 1. The van der Waals surface area contributed by atoms with Crippen molar-refractivity contribution in [2.75, 3.05) is 5.32 Å². The second kappa shape index (κ2) is 7.62. The number of thiazole rings is 1. The maximum Gasteiger partial charge on any atom is 0.230 e. The normalized spacial score (nSPS) is 10.7. The largest absolute Gasteiger partial charge is 0.302 e. The summed E-state index contributed by atoms with van der Waals surface area (Å²) in [7, 11) is 0. The summed E-state index contributed by atoms with van der Waals surface area (Å²) in [5.74, 6) is -0.0368. The topological polar surface area (TPSA) is 42.0 Å². The van der Waals surface area contributed by atoms with Gasteiger partial charge in [0.15, 0.2) is 5.13 Å². The number of aryl methyl sites for hydroxylation is 3. The van der Waals surface area contributed by atoms with Crippen LogP contribution in [0.15, 0.2) is 47.8 Å². The molecule has 0 saturated heterocycles. The summed E-state index contributed by atoms with van der Waals surface area (Å²) in [5.41, 5.74) is 6.78. The average molecular weight is 350 g/mol. The van der Waals surface area contributed by atoms with Crippen LogP contribution < -0.4 is 5.32 Å². The average Bonchev–Trinajstić information content (AvgIpc) is 3.06. The molecule has 0 aliphatic heterocycles. The molecule has 25 heavy (non-hydrogen) atoms. The minimum Gasteiger partial charge on any atom is -0.302 e. The summed E-state index contributed by atoms with van der Waals surface area (Å²) in [5, 5.41) is 5.53. The molecule has 0 aliphatic carbocycles. The van der Waals surface area contributed by atoms with Gasteiger partial charge in [-0.15, -0.1) is 11.3 Å². The van der Waals surface area contributed by atoms with E-state index in [-0.39, 0.29) is 5.91 Å². The summed E-state index contributed by atoms with van der Waals surface area (Å²) < 4.78 is 0. The highest BCUT2D eigenvalue weighted by molar-refractivity contribution is 7.14. The fourth-order valence-corrected chi connectivity index (χ4v) is 3.34. The van der Waals surface area contributed by atoms with Crippen molar-refractivity contribution in [2.45, 2.75) is 33.6 Å². The van der Waals surface area contributed by atoms with E-state index in [0.29, 0.717) is 11.6 Å². The van der Waals surface area contributed by atoms with Crippen LogP contribution in [0.2, 0.25) is 0 Å². The molecule has 2 aromatic carbocycles. The Hall–Kier alpha value is -2.46. The van der Waals surface area contributed by atoms with Gasteiger partial charge in [-0.05, 0) is 48.6 Å². The predicted octanol–water partition coefficient (Wildman–Crippen LogP) is 5.17. The second-order valence-electron chi connectivity index (χ2n) is 6.23. The molecule has 1 amide bonds. The molecule has 1 heterocycles. The highest BCUT2D eigenvalue weighted by Gasteiger charge is 2.09. The lowest BCUT2D eigenvalue weighted by atomic mass is 10.1. The lowest BCUT2D eigenvalue weighted by Crippen LogP contribution is -2.14. The standard InChI is InChI=1S/C21H22N2OS/c1-4-16-6-8-17(9-7-16)12-20(24)23-21-22-19(13-25-21)18-10-5-14(2)15(3)11-18/h5-11,13H,4,12H2,1-3H3,(H,22,23,24). The number of aromatic nitrogens is 1. The number of anilines is 1. The van der Waals surface area contributed by atoms with Crippen LogP contribution in [0.1, 0.15) is 29.2 Å². The molecule has 0 saturated carbocycles. The molecule has 0 fully saturated rings. The smallest absolute Gasteiger partial charge is 0.230 e. The fraction of sp³-hybridized carbons (Fsp3) is 0.238. The first kappa shape index (κ1) is 17.4. The van der Waals surface area contributed by atoms with Crippen LogP contribution in [0.4, 0.5) is 5.13 Å². The number of carbonyl (C=O) groups is 1. The quantitative estimate of drug-likeness (QED) is 0.690. The van der Waals surface area contributed by atoms with E-state index in [4.69, 9.17) is 0 Å². The Morgan fingerprint density at radius 3 is 2.44 bits per heavy atom. The maximum atomic E-state index is 12.2. The van der Waals surface area contributed by atoms with Crippen LogP contribution >= 0.6 is 11.3 Å². The Morgan fingerprint density at radius 1 is 1.04 bits per heavy atom. The molecule has 0 spiro atoms. The third-order valence-corrected chi connectivity index (χ3v) is 5.11. The van der Waals surface area contributed by atoms with Gasteiger partial charge >= 0.3 is 0 Å². The van der Waals surface area contributed by atoms with Crippen molar-refractivity contribution in [1.29, 1.82) is 0 Å². The SMILES string of the molecule is CCc1ccc(CC(=O)Nc2nc(-c3ccc(C)c(C)c3)cs2)cc1. The molecule has 4 heteroatoms. The van der Waals surface area contributed by atoms with E-state index in [1.165, 1.54) is 28.0 Å². The van der Waals surface area contributed by atoms with E-state index in [2.05, 4.69) is 61.4 Å². The van der Waals surface area contributed by atoms with Crippen LogP contribution in [-0.4, -0.2) is 10.9 Å². The van der Waals surface area contributed by atoms with E-state index >= 15 is 0 Å². The minimum absolute atomic E-state index is 0.0368. The molecule has 1 aromatic heterocycles. The lowest BCUT2D eigenvalue weighted by molar-refractivity contribution is -0.115. The zero-order valence-electron chi connectivity index (χ0n) is 14.8. The Balaban J connectivity index is 1.65. The Bertz CT molecular complexity index is 881. The van der Waals surface area contributed by atoms with E-state index in [1.807, 2.05) is 17.5 Å². The first-order valence-corrected chi connectivity index (χ1v) is 9.34. The number of hydrogen-bond acceptors (Lipinski definition) is 3. The van der Waals surface area contributed by atoms with Gasteiger partial charge in [-0.1, -0.05) is 43.3 Å². The van der Waals surface area contributed by atoms with Crippen LogP contribution in [0.5, 0.6) is 0 Å². The summed E-state index contributed by atoms with van der Waals surface area (Å²) >= 11 is 1.46. The highest BCUT2D eigenvalue weighted by Crippen LogP contribution is 2.26. The molecule has 1 N–H and O–H groups in total. The second-order valence-corrected chi connectivity index (χ2v) is 7.09. The minimum atomic E-state index is -0.0368. The van der Waals surface area contributed by atoms with Crippen molar-refractivity contribution in [1.82, 2.24) is 4.98 Å². The van der Waals surface area contributed by atoms with Crippen LogP contribution in [0.3, 0.4) is 0 Å². The Labute approximate surface area is 152 Å². The van der Waals surface area contributed by atoms with Crippen molar-refractivity contribution in [2.24, 2.45) is 0 Å². The first-order valence-electron chi connectivity index (χ1n) is 8.46. The van der Waals surface area contributed by atoms with E-state index in [0.717, 1.165) is 23.2 Å². The molecule has 0 radical (unpaired) electrons. The van der Waals surface area contributed by atoms with Crippen molar-refractivity contribution >= 4 is 22.4 Å². The van der Waals surface area contributed by atoms with Gasteiger partial charge in [-0.25, -0.2) is 4.98 Å². The van der Waals surface area contributed by atoms with Crippen molar-refractivity contribution in [3.05, 3.63) is 70.1 Å².